The Kier molecular flexibility index (Phi) is 4.19. The zero-order valence-corrected chi connectivity index (χ0v) is 10.9. The van der Waals surface area contributed by atoms with Gasteiger partial charge in [0.25, 0.3) is 0 Å². The molecule has 1 aromatic heterocycles. The lowest BCUT2D eigenvalue weighted by molar-refractivity contribution is -0.134. The molecule has 0 saturated carbocycles. The zero-order valence-electron chi connectivity index (χ0n) is 10.9. The first-order valence-electron chi connectivity index (χ1n) is 6.29. The number of imidazole rings is 1. The summed E-state index contributed by atoms with van der Waals surface area (Å²) in [5.41, 5.74) is 1.74. The number of aromatic nitrogens is 2. The van der Waals surface area contributed by atoms with Crippen molar-refractivity contribution in [3.63, 3.8) is 0 Å². The maximum Gasteiger partial charge on any atom is 0.311 e. The maximum atomic E-state index is 11.6. The Morgan fingerprint density at radius 3 is 3.11 bits per heavy atom. The fourth-order valence-electron chi connectivity index (χ4n) is 1.86. The lowest BCUT2D eigenvalue weighted by Gasteiger charge is -2.03. The van der Waals surface area contributed by atoms with E-state index < -0.39 is 0 Å². The van der Waals surface area contributed by atoms with Crippen molar-refractivity contribution in [1.82, 2.24) is 9.97 Å². The van der Waals surface area contributed by atoms with Gasteiger partial charge >= 0.3 is 5.97 Å². The first-order chi connectivity index (χ1) is 9.19. The van der Waals surface area contributed by atoms with E-state index in [-0.39, 0.29) is 5.97 Å². The summed E-state index contributed by atoms with van der Waals surface area (Å²) in [5.74, 6) is 3.70. The van der Waals surface area contributed by atoms with Crippen molar-refractivity contribution in [2.45, 2.75) is 32.6 Å². The molecule has 0 fully saturated rings. The van der Waals surface area contributed by atoms with Crippen LogP contribution in [0.1, 0.15) is 31.5 Å². The molecule has 0 saturated heterocycles. The molecule has 2 aromatic rings. The van der Waals surface area contributed by atoms with Crippen LogP contribution in [0, 0.1) is 19.3 Å². The average Bonchev–Trinajstić information content (AvgIpc) is 2.74. The van der Waals surface area contributed by atoms with E-state index in [0.29, 0.717) is 18.6 Å². The Hall–Kier alpha value is -2.28. The second-order valence-electron chi connectivity index (χ2n) is 4.39. The van der Waals surface area contributed by atoms with E-state index >= 15 is 0 Å². The Bertz CT molecular complexity index is 623. The Morgan fingerprint density at radius 1 is 1.47 bits per heavy atom. The summed E-state index contributed by atoms with van der Waals surface area (Å²) in [6, 6.07) is 5.37. The maximum absolute atomic E-state index is 11.6. The van der Waals surface area contributed by atoms with Crippen molar-refractivity contribution >= 4 is 17.0 Å². The highest BCUT2D eigenvalue weighted by Gasteiger charge is 2.06. The normalized spacial score (nSPS) is 10.3. The smallest absolute Gasteiger partial charge is 0.311 e. The molecule has 0 aliphatic carbocycles. The molecule has 19 heavy (non-hydrogen) atoms. The number of fused-ring (bicyclic) bond motifs is 1. The van der Waals surface area contributed by atoms with E-state index in [0.717, 1.165) is 29.7 Å². The molecule has 0 bridgehead atoms. The van der Waals surface area contributed by atoms with Gasteiger partial charge in [0.2, 0.25) is 0 Å². The minimum atomic E-state index is -0.229. The summed E-state index contributed by atoms with van der Waals surface area (Å²) in [4.78, 5) is 19.0. The van der Waals surface area contributed by atoms with E-state index in [9.17, 15) is 4.79 Å². The third-order valence-corrected chi connectivity index (χ3v) is 2.76. The highest BCUT2D eigenvalue weighted by molar-refractivity contribution is 5.79. The lowest BCUT2D eigenvalue weighted by Crippen LogP contribution is -2.07. The number of benzene rings is 1. The number of hydrogen-bond donors (Lipinski definition) is 1. The molecule has 0 unspecified atom stereocenters. The van der Waals surface area contributed by atoms with Gasteiger partial charge in [0, 0.05) is 18.9 Å². The van der Waals surface area contributed by atoms with Gasteiger partial charge < -0.3 is 9.72 Å². The van der Waals surface area contributed by atoms with Gasteiger partial charge in [-0.15, -0.1) is 12.3 Å². The molecule has 1 aromatic carbocycles. The molecule has 4 heteroatoms. The number of aromatic amines is 1. The first-order valence-corrected chi connectivity index (χ1v) is 6.29. The van der Waals surface area contributed by atoms with Crippen LogP contribution >= 0.6 is 0 Å². The summed E-state index contributed by atoms with van der Waals surface area (Å²) in [7, 11) is 0. The number of carbonyl (C=O) groups is 1. The van der Waals surface area contributed by atoms with Gasteiger partial charge in [-0.05, 0) is 31.9 Å². The molecular weight excluding hydrogens is 240 g/mol. The fraction of sp³-hybridized carbons (Fsp3) is 0.333. The number of rotatable bonds is 5. The molecule has 2 rings (SSSR count). The third-order valence-electron chi connectivity index (χ3n) is 2.76. The predicted octanol–water partition coefficient (Wildman–Crippen LogP) is 2.97. The van der Waals surface area contributed by atoms with Gasteiger partial charge in [-0.1, -0.05) is 0 Å². The minimum absolute atomic E-state index is 0.229. The largest absolute Gasteiger partial charge is 0.426 e. The van der Waals surface area contributed by atoms with Crippen LogP contribution in [-0.2, 0) is 4.79 Å². The van der Waals surface area contributed by atoms with Crippen molar-refractivity contribution in [1.29, 1.82) is 0 Å². The number of hydrogen-bond acceptors (Lipinski definition) is 3. The van der Waals surface area contributed by atoms with Crippen LogP contribution in [-0.4, -0.2) is 15.9 Å². The van der Waals surface area contributed by atoms with Crippen molar-refractivity contribution in [2.24, 2.45) is 0 Å². The summed E-state index contributed by atoms with van der Waals surface area (Å²) in [6.07, 6.45) is 7.85. The quantitative estimate of drug-likeness (QED) is 0.387. The number of carbonyl (C=O) groups excluding carboxylic acids is 1. The zero-order chi connectivity index (χ0) is 13.7. The Morgan fingerprint density at radius 2 is 2.32 bits per heavy atom. The summed E-state index contributed by atoms with van der Waals surface area (Å²) < 4.78 is 5.27. The molecule has 0 aliphatic heterocycles. The summed E-state index contributed by atoms with van der Waals surface area (Å²) >= 11 is 0. The molecule has 0 amide bonds. The van der Waals surface area contributed by atoms with Gasteiger partial charge in [0.05, 0.1) is 11.0 Å². The highest BCUT2D eigenvalue weighted by atomic mass is 16.5. The topological polar surface area (TPSA) is 55.0 Å². The van der Waals surface area contributed by atoms with E-state index in [1.54, 1.807) is 12.1 Å². The standard InChI is InChI=1S/C15H16N2O2/c1-3-4-5-6-7-15(18)19-12-8-9-13-14(10-12)17-11(2)16-13/h1,8-10H,4-7H2,2H3,(H,16,17). The molecule has 1 N–H and O–H groups in total. The van der Waals surface area contributed by atoms with Crippen molar-refractivity contribution < 1.29 is 9.53 Å². The van der Waals surface area contributed by atoms with Gasteiger partial charge in [0.1, 0.15) is 11.6 Å². The fourth-order valence-corrected chi connectivity index (χ4v) is 1.86. The van der Waals surface area contributed by atoms with Crippen LogP contribution in [0.25, 0.3) is 11.0 Å². The average molecular weight is 256 g/mol. The number of nitrogens with one attached hydrogen (secondary N) is 1. The number of terminal acetylenes is 1. The number of unbranched alkanes of at least 4 members (excludes halogenated alkanes) is 2. The molecule has 0 radical (unpaired) electrons. The molecular formula is C15H16N2O2. The number of aryl methyl sites for hydroxylation is 1. The van der Waals surface area contributed by atoms with Crippen LogP contribution in [0.2, 0.25) is 0 Å². The summed E-state index contributed by atoms with van der Waals surface area (Å²) in [5, 5.41) is 0. The molecule has 1 heterocycles. The van der Waals surface area contributed by atoms with Crippen molar-refractivity contribution in [2.75, 3.05) is 0 Å². The van der Waals surface area contributed by atoms with E-state index in [2.05, 4.69) is 15.9 Å². The predicted molar refractivity (Wildman–Crippen MR) is 73.8 cm³/mol. The SMILES string of the molecule is C#CCCCCC(=O)Oc1ccc2nc(C)[nH]c2c1. The number of H-pyrrole nitrogens is 1. The highest BCUT2D eigenvalue weighted by Crippen LogP contribution is 2.19. The van der Waals surface area contributed by atoms with Crippen LogP contribution in [0.5, 0.6) is 5.75 Å². The molecule has 0 aliphatic rings. The molecule has 98 valence electrons. The second-order valence-corrected chi connectivity index (χ2v) is 4.39. The number of nitrogens with zero attached hydrogens (tertiary/aromatic N) is 1. The van der Waals surface area contributed by atoms with Crippen molar-refractivity contribution in [3.05, 3.63) is 24.0 Å². The van der Waals surface area contributed by atoms with Gasteiger partial charge in [-0.25, -0.2) is 4.98 Å². The molecule has 0 atom stereocenters. The van der Waals surface area contributed by atoms with Crippen LogP contribution < -0.4 is 4.74 Å². The molecule has 4 nitrogen and oxygen atoms in total. The van der Waals surface area contributed by atoms with Crippen LogP contribution in [0.4, 0.5) is 0 Å². The van der Waals surface area contributed by atoms with Gasteiger partial charge in [0.15, 0.2) is 0 Å². The van der Waals surface area contributed by atoms with E-state index in [1.807, 2.05) is 13.0 Å². The number of esters is 1. The van der Waals surface area contributed by atoms with Gasteiger partial charge in [-0.2, -0.15) is 0 Å². The second kappa shape index (κ2) is 6.05. The molecule has 0 spiro atoms. The van der Waals surface area contributed by atoms with Gasteiger partial charge in [-0.3, -0.25) is 4.79 Å². The van der Waals surface area contributed by atoms with E-state index in [4.69, 9.17) is 11.2 Å². The Balaban J connectivity index is 1.93. The minimum Gasteiger partial charge on any atom is -0.426 e. The monoisotopic (exact) mass is 256 g/mol. The lowest BCUT2D eigenvalue weighted by atomic mass is 10.2. The summed E-state index contributed by atoms with van der Waals surface area (Å²) in [6.45, 7) is 1.89. The van der Waals surface area contributed by atoms with Crippen LogP contribution in [0.3, 0.4) is 0 Å². The van der Waals surface area contributed by atoms with Crippen molar-refractivity contribution in [3.8, 4) is 18.1 Å². The first kappa shape index (κ1) is 13.2. The van der Waals surface area contributed by atoms with Crippen LogP contribution in [0.15, 0.2) is 18.2 Å². The van der Waals surface area contributed by atoms with E-state index in [1.165, 1.54) is 0 Å². The number of ether oxygens (including phenoxy) is 1. The Labute approximate surface area is 112 Å². The third kappa shape index (κ3) is 3.59.